The highest BCUT2D eigenvalue weighted by Gasteiger charge is 2.42. The zero-order valence-corrected chi connectivity index (χ0v) is 20.4. The van der Waals surface area contributed by atoms with Crippen molar-refractivity contribution in [2.24, 2.45) is 0 Å². The Kier molecular flexibility index (Phi) is 7.57. The van der Waals surface area contributed by atoms with Gasteiger partial charge in [0.2, 0.25) is 5.78 Å². The number of ether oxygens (including phenoxy) is 3. The van der Waals surface area contributed by atoms with Crippen molar-refractivity contribution in [2.75, 3.05) is 14.2 Å². The zero-order valence-electron chi connectivity index (χ0n) is 20.4. The van der Waals surface area contributed by atoms with E-state index in [1.807, 2.05) is 39.8 Å². The van der Waals surface area contributed by atoms with Gasteiger partial charge in [0.15, 0.2) is 23.7 Å². The van der Waals surface area contributed by atoms with Gasteiger partial charge in [-0.05, 0) is 58.2 Å². The summed E-state index contributed by atoms with van der Waals surface area (Å²) in [5.74, 6) is -0.191. The van der Waals surface area contributed by atoms with Crippen molar-refractivity contribution in [3.8, 4) is 28.7 Å². The fourth-order valence-electron chi connectivity index (χ4n) is 4.01. The van der Waals surface area contributed by atoms with Crippen LogP contribution in [0.3, 0.4) is 0 Å². The number of benzene rings is 2. The van der Waals surface area contributed by atoms with Gasteiger partial charge in [-0.2, -0.15) is 0 Å². The van der Waals surface area contributed by atoms with Crippen LogP contribution in [0.5, 0.6) is 28.7 Å². The van der Waals surface area contributed by atoms with Crippen LogP contribution in [0.25, 0.3) is 0 Å². The molecule has 0 spiro atoms. The molecule has 2 aromatic rings. The minimum Gasteiger partial charge on any atom is -0.507 e. The van der Waals surface area contributed by atoms with Crippen LogP contribution in [-0.4, -0.2) is 41.4 Å². The molecule has 3 N–H and O–H groups in total. The monoisotopic (exact) mass is 468 g/mol. The molecule has 0 bridgehead atoms. The summed E-state index contributed by atoms with van der Waals surface area (Å²) >= 11 is 0. The molecule has 1 aliphatic heterocycles. The molecule has 182 valence electrons. The van der Waals surface area contributed by atoms with Crippen molar-refractivity contribution in [3.63, 3.8) is 0 Å². The average molecular weight is 469 g/mol. The van der Waals surface area contributed by atoms with Gasteiger partial charge >= 0.3 is 0 Å². The van der Waals surface area contributed by atoms with Crippen molar-refractivity contribution in [1.82, 2.24) is 0 Å². The predicted molar refractivity (Wildman–Crippen MR) is 129 cm³/mol. The number of aliphatic hydroxyl groups excluding tert-OH is 1. The number of rotatable bonds is 7. The Balaban J connectivity index is 2.24. The predicted octanol–water partition coefficient (Wildman–Crippen LogP) is 4.81. The molecule has 0 amide bonds. The first-order chi connectivity index (χ1) is 16.1. The Labute approximate surface area is 199 Å². The number of ketones is 1. The van der Waals surface area contributed by atoms with Crippen molar-refractivity contribution >= 4 is 5.78 Å². The molecule has 0 unspecified atom stereocenters. The molecule has 0 fully saturated rings. The van der Waals surface area contributed by atoms with E-state index in [9.17, 15) is 20.1 Å². The van der Waals surface area contributed by atoms with E-state index >= 15 is 0 Å². The summed E-state index contributed by atoms with van der Waals surface area (Å²) < 4.78 is 17.0. The quantitative estimate of drug-likeness (QED) is 0.501. The molecule has 0 aromatic heterocycles. The molecule has 3 rings (SSSR count). The molecule has 34 heavy (non-hydrogen) atoms. The smallest absolute Gasteiger partial charge is 0.202 e. The van der Waals surface area contributed by atoms with E-state index in [1.54, 1.807) is 6.07 Å². The first-order valence-corrected chi connectivity index (χ1v) is 11.1. The number of carbonyl (C=O) groups excluding carboxylic acids is 1. The van der Waals surface area contributed by atoms with E-state index in [0.29, 0.717) is 35.3 Å². The van der Waals surface area contributed by atoms with Crippen molar-refractivity contribution < 1.29 is 34.3 Å². The minimum absolute atomic E-state index is 0.0587. The normalized spacial score (nSPS) is 16.9. The molecule has 0 saturated heterocycles. The highest BCUT2D eigenvalue weighted by atomic mass is 16.5. The fourth-order valence-corrected chi connectivity index (χ4v) is 4.01. The maximum atomic E-state index is 13.4. The van der Waals surface area contributed by atoms with Crippen LogP contribution in [0.1, 0.15) is 60.8 Å². The highest BCUT2D eigenvalue weighted by Crippen LogP contribution is 2.49. The first kappa shape index (κ1) is 25.2. The van der Waals surface area contributed by atoms with Gasteiger partial charge in [0.1, 0.15) is 22.8 Å². The summed E-state index contributed by atoms with van der Waals surface area (Å²) in [6.45, 7) is 7.81. The lowest BCUT2D eigenvalue weighted by Crippen LogP contribution is -2.37. The summed E-state index contributed by atoms with van der Waals surface area (Å²) in [5, 5.41) is 32.2. The van der Waals surface area contributed by atoms with Gasteiger partial charge in [-0.25, -0.2) is 0 Å². The second-order valence-electron chi connectivity index (χ2n) is 8.79. The van der Waals surface area contributed by atoms with Gasteiger partial charge in [-0.3, -0.25) is 4.79 Å². The fraction of sp³-hybridized carbons (Fsp3) is 0.370. The summed E-state index contributed by atoms with van der Waals surface area (Å²) in [6.07, 6.45) is 2.00. The van der Waals surface area contributed by atoms with Crippen LogP contribution in [0.2, 0.25) is 0 Å². The number of allylic oxidation sites excluding steroid dienone is 4. The summed E-state index contributed by atoms with van der Waals surface area (Å²) in [6, 6.07) is 4.53. The summed E-state index contributed by atoms with van der Waals surface area (Å²) in [5.41, 5.74) is 3.52. The van der Waals surface area contributed by atoms with Gasteiger partial charge in [-0.15, -0.1) is 0 Å². The van der Waals surface area contributed by atoms with Crippen molar-refractivity contribution in [1.29, 1.82) is 0 Å². The van der Waals surface area contributed by atoms with Gasteiger partial charge in [-0.1, -0.05) is 29.4 Å². The van der Waals surface area contributed by atoms with E-state index in [4.69, 9.17) is 14.2 Å². The molecule has 7 heteroatoms. The molecule has 0 radical (unpaired) electrons. The number of aromatic hydroxyl groups is 2. The average Bonchev–Trinajstić information content (AvgIpc) is 2.78. The van der Waals surface area contributed by atoms with Crippen molar-refractivity contribution in [3.05, 3.63) is 63.8 Å². The number of hydrogen-bond acceptors (Lipinski definition) is 7. The second kappa shape index (κ2) is 10.2. The van der Waals surface area contributed by atoms with Crippen LogP contribution >= 0.6 is 0 Å². The number of carbonyl (C=O) groups is 1. The largest absolute Gasteiger partial charge is 0.507 e. The van der Waals surface area contributed by atoms with Crippen LogP contribution in [0.4, 0.5) is 0 Å². The number of phenols is 2. The Bertz CT molecular complexity index is 1150. The maximum Gasteiger partial charge on any atom is 0.202 e. The van der Waals surface area contributed by atoms with Crippen LogP contribution in [0.15, 0.2) is 41.5 Å². The summed E-state index contributed by atoms with van der Waals surface area (Å²) in [4.78, 5) is 13.4. The maximum absolute atomic E-state index is 13.4. The Morgan fingerprint density at radius 2 is 1.62 bits per heavy atom. The van der Waals surface area contributed by atoms with Crippen LogP contribution < -0.4 is 14.2 Å². The lowest BCUT2D eigenvalue weighted by atomic mass is 9.87. The molecule has 2 aromatic carbocycles. The topological polar surface area (TPSA) is 105 Å². The number of phenolic OH excluding ortho intramolecular Hbond substituents is 2. The molecular formula is C27H32O7. The standard InChI is InChI=1S/C27H32O7/c1-14(2)7-10-17-22(29)21-23(30)24(31)25(16-9-12-20(32-5)19(28)13-16)34-27(21)18(26(17)33-6)11-8-15(3)4/h7-9,12-13,24-25,28-29,31H,10-11H2,1-6H3/t24-,25+/m0/s1. The molecule has 1 aliphatic rings. The van der Waals surface area contributed by atoms with Gasteiger partial charge < -0.3 is 29.5 Å². The number of hydrogen-bond donors (Lipinski definition) is 3. The van der Waals surface area contributed by atoms with Gasteiger partial charge in [0.25, 0.3) is 0 Å². The molecular weight excluding hydrogens is 436 g/mol. The lowest BCUT2D eigenvalue weighted by Gasteiger charge is -2.33. The number of methoxy groups -OCH3 is 2. The number of fused-ring (bicyclic) bond motifs is 1. The summed E-state index contributed by atoms with van der Waals surface area (Å²) in [7, 11) is 2.94. The Morgan fingerprint density at radius 1 is 1.00 bits per heavy atom. The van der Waals surface area contributed by atoms with E-state index < -0.39 is 18.0 Å². The van der Waals surface area contributed by atoms with Crippen LogP contribution in [-0.2, 0) is 12.8 Å². The molecule has 0 saturated carbocycles. The molecule has 2 atom stereocenters. The Hall–Kier alpha value is -3.45. The number of aliphatic hydroxyl groups is 1. The second-order valence-corrected chi connectivity index (χ2v) is 8.79. The number of Topliss-reactive ketones (excluding diaryl/α,β-unsaturated/α-hetero) is 1. The SMILES string of the molecule is COc1ccc([C@H]2Oc3c(CC=C(C)C)c(OC)c(CC=C(C)C)c(O)c3C(=O)[C@@H]2O)cc1O. The Morgan fingerprint density at radius 3 is 2.15 bits per heavy atom. The zero-order chi connectivity index (χ0) is 25.2. The molecule has 1 heterocycles. The third kappa shape index (κ3) is 4.75. The third-order valence-electron chi connectivity index (χ3n) is 5.78. The lowest BCUT2D eigenvalue weighted by molar-refractivity contribution is 0.0205. The third-order valence-corrected chi connectivity index (χ3v) is 5.78. The molecule has 7 nitrogen and oxygen atoms in total. The highest BCUT2D eigenvalue weighted by molar-refractivity contribution is 6.06. The van der Waals surface area contributed by atoms with E-state index in [0.717, 1.165) is 11.1 Å². The van der Waals surface area contributed by atoms with E-state index in [1.165, 1.54) is 26.4 Å². The minimum atomic E-state index is -1.58. The molecule has 0 aliphatic carbocycles. The van der Waals surface area contributed by atoms with Gasteiger partial charge in [0, 0.05) is 11.1 Å². The van der Waals surface area contributed by atoms with Crippen molar-refractivity contribution in [2.45, 2.75) is 52.7 Å². The van der Waals surface area contributed by atoms with Crippen LogP contribution in [0, 0.1) is 0 Å². The van der Waals surface area contributed by atoms with E-state index in [-0.39, 0.29) is 28.6 Å². The van der Waals surface area contributed by atoms with E-state index in [2.05, 4.69) is 0 Å². The first-order valence-electron chi connectivity index (χ1n) is 11.1. The van der Waals surface area contributed by atoms with Gasteiger partial charge in [0.05, 0.1) is 14.2 Å².